The van der Waals surface area contributed by atoms with Gasteiger partial charge in [0.15, 0.2) is 0 Å². The van der Waals surface area contributed by atoms with Gasteiger partial charge < -0.3 is 9.64 Å². The van der Waals surface area contributed by atoms with Crippen molar-refractivity contribution in [1.29, 1.82) is 0 Å². The highest BCUT2D eigenvalue weighted by molar-refractivity contribution is 5.79. The molecule has 0 aromatic heterocycles. The van der Waals surface area contributed by atoms with E-state index in [-0.39, 0.29) is 24.1 Å². The number of fused-ring (bicyclic) bond motifs is 3. The van der Waals surface area contributed by atoms with Crippen LogP contribution in [0, 0.1) is 4.91 Å². The molecular weight excluding hydrogens is 328 g/mol. The van der Waals surface area contributed by atoms with Gasteiger partial charge in [-0.1, -0.05) is 53.7 Å². The molecule has 0 bridgehead atoms. The Kier molecular flexibility index (Phi) is 4.45. The Morgan fingerprint density at radius 1 is 1.12 bits per heavy atom. The monoisotopic (exact) mass is 350 g/mol. The molecule has 2 atom stereocenters. The maximum Gasteiger partial charge on any atom is 0.410 e. The second-order valence-electron chi connectivity index (χ2n) is 7.13. The van der Waals surface area contributed by atoms with Crippen molar-refractivity contribution in [2.45, 2.75) is 37.8 Å². The minimum absolute atomic E-state index is 0.0258. The molecule has 134 valence electrons. The summed E-state index contributed by atoms with van der Waals surface area (Å²) in [4.78, 5) is 25.0. The normalized spacial score (nSPS) is 21.8. The van der Waals surface area contributed by atoms with Crippen molar-refractivity contribution in [3.05, 3.63) is 64.6 Å². The van der Waals surface area contributed by atoms with E-state index in [1.807, 2.05) is 31.2 Å². The van der Waals surface area contributed by atoms with Gasteiger partial charge in [-0.05, 0) is 42.0 Å². The van der Waals surface area contributed by atoms with Crippen LogP contribution in [0.25, 0.3) is 11.1 Å². The van der Waals surface area contributed by atoms with Gasteiger partial charge in [0.2, 0.25) is 0 Å². The first kappa shape index (κ1) is 16.8. The van der Waals surface area contributed by atoms with E-state index in [1.54, 1.807) is 4.90 Å². The third-order valence-electron chi connectivity index (χ3n) is 5.57. The Hall–Kier alpha value is -2.69. The number of ether oxygens (including phenoxy) is 1. The maximum atomic E-state index is 12.6. The summed E-state index contributed by atoms with van der Waals surface area (Å²) in [6.45, 7) is 2.79. The Morgan fingerprint density at radius 3 is 2.31 bits per heavy atom. The quantitative estimate of drug-likeness (QED) is 0.763. The van der Waals surface area contributed by atoms with Gasteiger partial charge >= 0.3 is 6.09 Å². The van der Waals surface area contributed by atoms with Gasteiger partial charge in [0.25, 0.3) is 0 Å². The van der Waals surface area contributed by atoms with Crippen LogP contribution in [0.3, 0.4) is 0 Å². The molecule has 2 aliphatic rings. The molecule has 0 radical (unpaired) electrons. The lowest BCUT2D eigenvalue weighted by molar-refractivity contribution is 0.0722. The maximum absolute atomic E-state index is 12.6. The summed E-state index contributed by atoms with van der Waals surface area (Å²) in [5, 5.41) is 3.12. The summed E-state index contributed by atoms with van der Waals surface area (Å²) in [5.74, 6) is 0.0656. The summed E-state index contributed by atoms with van der Waals surface area (Å²) in [6, 6.07) is 16.4. The van der Waals surface area contributed by atoms with Crippen LogP contribution in [0.4, 0.5) is 4.79 Å². The molecule has 2 unspecified atom stereocenters. The number of benzene rings is 2. The fourth-order valence-corrected chi connectivity index (χ4v) is 4.19. The number of likely N-dealkylation sites (tertiary alicyclic amines) is 1. The first-order chi connectivity index (χ1) is 12.7. The Morgan fingerprint density at radius 2 is 1.73 bits per heavy atom. The topological polar surface area (TPSA) is 59.0 Å². The lowest BCUT2D eigenvalue weighted by Gasteiger charge is -2.34. The number of carbonyl (C=O) groups excluding carboxylic acids is 1. The van der Waals surface area contributed by atoms with Crippen LogP contribution in [-0.4, -0.2) is 36.2 Å². The predicted molar refractivity (Wildman–Crippen MR) is 100 cm³/mol. The van der Waals surface area contributed by atoms with Crippen molar-refractivity contribution < 1.29 is 9.53 Å². The summed E-state index contributed by atoms with van der Waals surface area (Å²) >= 11 is 0. The number of carbonyl (C=O) groups is 1. The Labute approximate surface area is 152 Å². The third-order valence-corrected chi connectivity index (χ3v) is 5.57. The minimum atomic E-state index is -0.302. The molecule has 1 aliphatic heterocycles. The average molecular weight is 350 g/mol. The molecule has 0 spiro atoms. The molecule has 1 amide bonds. The van der Waals surface area contributed by atoms with E-state index in [9.17, 15) is 9.70 Å². The lowest BCUT2D eigenvalue weighted by atomic mass is 9.98. The van der Waals surface area contributed by atoms with Gasteiger partial charge in [0.05, 0.1) is 6.04 Å². The van der Waals surface area contributed by atoms with E-state index in [0.29, 0.717) is 26.0 Å². The van der Waals surface area contributed by atoms with E-state index in [4.69, 9.17) is 4.74 Å². The fourth-order valence-electron chi connectivity index (χ4n) is 4.19. The number of nitroso groups, excluding NO2 is 1. The summed E-state index contributed by atoms with van der Waals surface area (Å²) < 4.78 is 5.70. The van der Waals surface area contributed by atoms with Gasteiger partial charge in [0, 0.05) is 18.5 Å². The Balaban J connectivity index is 1.48. The standard InChI is InChI=1S/C21H22N2O3/c1-14-12-15(22-25)10-11-23(14)21(24)26-13-20-18-8-4-2-6-16(18)17-7-3-5-9-19(17)20/h2-9,14-15,20H,10-13H2,1H3. The highest BCUT2D eigenvalue weighted by Crippen LogP contribution is 2.44. The van der Waals surface area contributed by atoms with Crippen molar-refractivity contribution in [2.24, 2.45) is 5.18 Å². The summed E-state index contributed by atoms with van der Waals surface area (Å²) in [7, 11) is 0. The zero-order chi connectivity index (χ0) is 18.1. The molecule has 1 saturated heterocycles. The van der Waals surface area contributed by atoms with Crippen LogP contribution in [0.5, 0.6) is 0 Å². The number of amides is 1. The predicted octanol–water partition coefficient (Wildman–Crippen LogP) is 4.55. The van der Waals surface area contributed by atoms with Crippen LogP contribution >= 0.6 is 0 Å². The van der Waals surface area contributed by atoms with E-state index in [0.717, 1.165) is 0 Å². The largest absolute Gasteiger partial charge is 0.448 e. The molecule has 1 fully saturated rings. The molecular formula is C21H22N2O3. The molecule has 26 heavy (non-hydrogen) atoms. The smallest absolute Gasteiger partial charge is 0.410 e. The highest BCUT2D eigenvalue weighted by Gasteiger charge is 2.33. The van der Waals surface area contributed by atoms with Crippen molar-refractivity contribution in [1.82, 2.24) is 4.90 Å². The van der Waals surface area contributed by atoms with Crippen molar-refractivity contribution in [2.75, 3.05) is 13.2 Å². The van der Waals surface area contributed by atoms with Gasteiger partial charge in [-0.3, -0.25) is 0 Å². The van der Waals surface area contributed by atoms with E-state index >= 15 is 0 Å². The number of rotatable bonds is 3. The summed E-state index contributed by atoms with van der Waals surface area (Å²) in [6.07, 6.45) is 0.912. The zero-order valence-corrected chi connectivity index (χ0v) is 14.8. The number of nitrogens with zero attached hydrogens (tertiary/aromatic N) is 2. The number of piperidine rings is 1. The van der Waals surface area contributed by atoms with Crippen LogP contribution in [-0.2, 0) is 4.74 Å². The average Bonchev–Trinajstić information content (AvgIpc) is 3.00. The van der Waals surface area contributed by atoms with Crippen LogP contribution < -0.4 is 0 Å². The van der Waals surface area contributed by atoms with Crippen LogP contribution in [0.15, 0.2) is 53.7 Å². The zero-order valence-electron chi connectivity index (χ0n) is 14.8. The molecule has 0 N–H and O–H groups in total. The van der Waals surface area contributed by atoms with Crippen molar-refractivity contribution >= 4 is 6.09 Å². The fraction of sp³-hybridized carbons (Fsp3) is 0.381. The lowest BCUT2D eigenvalue weighted by Crippen LogP contribution is -2.46. The molecule has 1 heterocycles. The second-order valence-corrected chi connectivity index (χ2v) is 7.13. The minimum Gasteiger partial charge on any atom is -0.448 e. The molecule has 2 aromatic rings. The third kappa shape index (κ3) is 2.87. The molecule has 2 aromatic carbocycles. The van der Waals surface area contributed by atoms with Crippen molar-refractivity contribution in [3.8, 4) is 11.1 Å². The van der Waals surface area contributed by atoms with Gasteiger partial charge in [-0.2, -0.15) is 4.91 Å². The first-order valence-corrected chi connectivity index (χ1v) is 9.13. The number of hydrogen-bond acceptors (Lipinski definition) is 4. The highest BCUT2D eigenvalue weighted by atomic mass is 16.6. The van der Waals surface area contributed by atoms with E-state index in [1.165, 1.54) is 22.3 Å². The number of hydrogen-bond donors (Lipinski definition) is 0. The van der Waals surface area contributed by atoms with Gasteiger partial charge in [-0.15, -0.1) is 0 Å². The summed E-state index contributed by atoms with van der Waals surface area (Å²) in [5.41, 5.74) is 4.85. The molecule has 5 nitrogen and oxygen atoms in total. The molecule has 4 rings (SSSR count). The Bertz CT molecular complexity index is 790. The molecule has 0 saturated carbocycles. The molecule has 5 heteroatoms. The first-order valence-electron chi connectivity index (χ1n) is 9.13. The van der Waals surface area contributed by atoms with Crippen molar-refractivity contribution in [3.63, 3.8) is 0 Å². The van der Waals surface area contributed by atoms with E-state index < -0.39 is 0 Å². The van der Waals surface area contributed by atoms with Crippen LogP contribution in [0.2, 0.25) is 0 Å². The van der Waals surface area contributed by atoms with Gasteiger partial charge in [0.1, 0.15) is 6.61 Å². The molecule has 1 aliphatic carbocycles. The van der Waals surface area contributed by atoms with E-state index in [2.05, 4.69) is 29.4 Å². The van der Waals surface area contributed by atoms with Crippen LogP contribution in [0.1, 0.15) is 36.8 Å². The second kappa shape index (κ2) is 6.90. The van der Waals surface area contributed by atoms with Gasteiger partial charge in [-0.25, -0.2) is 4.79 Å². The SMILES string of the molecule is CC1CC(N=O)CCN1C(=O)OCC1c2ccccc2-c2ccccc21.